The van der Waals surface area contributed by atoms with E-state index in [4.69, 9.17) is 0 Å². The van der Waals surface area contributed by atoms with Gasteiger partial charge in [-0.25, -0.2) is 4.90 Å². The zero-order valence-electron chi connectivity index (χ0n) is 14.3. The number of nitrogens with one attached hydrogen (secondary N) is 1. The third-order valence-corrected chi connectivity index (χ3v) is 5.52. The van der Waals surface area contributed by atoms with Gasteiger partial charge < -0.3 is 5.32 Å². The number of carbonyl (C=O) groups excluding carboxylic acids is 3. The van der Waals surface area contributed by atoms with E-state index in [1.807, 2.05) is 18.2 Å². The molecule has 0 saturated carbocycles. The molecule has 3 amide bonds. The van der Waals surface area contributed by atoms with Crippen molar-refractivity contribution < 1.29 is 14.4 Å². The van der Waals surface area contributed by atoms with E-state index in [1.54, 1.807) is 36.4 Å². The summed E-state index contributed by atoms with van der Waals surface area (Å²) in [4.78, 5) is 39.2. The summed E-state index contributed by atoms with van der Waals surface area (Å²) in [5, 5.41) is 2.81. The molecule has 3 aromatic rings. The molecule has 28 heavy (non-hydrogen) atoms. The number of anilines is 2. The van der Waals surface area contributed by atoms with Crippen LogP contribution in [0.15, 0.2) is 71.2 Å². The van der Waals surface area contributed by atoms with E-state index in [1.165, 1.54) is 12.1 Å². The zero-order chi connectivity index (χ0) is 19.8. The number of benzene rings is 3. The second-order valence-electron chi connectivity index (χ2n) is 6.15. The van der Waals surface area contributed by atoms with Crippen LogP contribution in [-0.4, -0.2) is 17.7 Å². The van der Waals surface area contributed by atoms with Crippen LogP contribution in [-0.2, 0) is 0 Å². The van der Waals surface area contributed by atoms with Crippen molar-refractivity contribution in [2.75, 3.05) is 10.2 Å². The standard InChI is InChI=1S/C21H12BrIN2O3/c22-13-5-7-16(8-6-13)25-20(27)17-9-4-12(10-18(17)21(25)28)19(26)24-15-3-1-2-14(23)11-15/h1-11H,(H,24,26). The van der Waals surface area contributed by atoms with Gasteiger partial charge in [0.1, 0.15) is 0 Å². The molecule has 0 aromatic heterocycles. The van der Waals surface area contributed by atoms with E-state index in [-0.39, 0.29) is 11.5 Å². The van der Waals surface area contributed by atoms with Crippen molar-refractivity contribution in [3.8, 4) is 0 Å². The average Bonchev–Trinajstić information content (AvgIpc) is 2.93. The lowest BCUT2D eigenvalue weighted by atomic mass is 10.1. The number of amides is 3. The van der Waals surface area contributed by atoms with Crippen molar-refractivity contribution in [1.82, 2.24) is 0 Å². The fraction of sp³-hybridized carbons (Fsp3) is 0. The Labute approximate surface area is 183 Å². The summed E-state index contributed by atoms with van der Waals surface area (Å²) < 4.78 is 1.85. The Hall–Kier alpha value is -2.52. The molecule has 4 rings (SSSR count). The molecule has 0 atom stereocenters. The van der Waals surface area contributed by atoms with Gasteiger partial charge in [-0.3, -0.25) is 14.4 Å². The molecule has 1 aliphatic rings. The van der Waals surface area contributed by atoms with Crippen LogP contribution >= 0.6 is 38.5 Å². The third kappa shape index (κ3) is 3.47. The lowest BCUT2D eigenvalue weighted by Crippen LogP contribution is -2.29. The summed E-state index contributed by atoms with van der Waals surface area (Å²) in [5.74, 6) is -1.18. The molecule has 0 spiro atoms. The third-order valence-electron chi connectivity index (χ3n) is 4.32. The monoisotopic (exact) mass is 546 g/mol. The molecule has 5 nitrogen and oxygen atoms in total. The van der Waals surface area contributed by atoms with Gasteiger partial charge in [-0.15, -0.1) is 0 Å². The van der Waals surface area contributed by atoms with Crippen molar-refractivity contribution in [2.45, 2.75) is 0 Å². The first kappa shape index (κ1) is 18.8. The second-order valence-corrected chi connectivity index (χ2v) is 8.31. The topological polar surface area (TPSA) is 66.5 Å². The number of halogens is 2. The van der Waals surface area contributed by atoms with Crippen LogP contribution in [0, 0.1) is 3.57 Å². The van der Waals surface area contributed by atoms with Gasteiger partial charge in [0, 0.05) is 19.3 Å². The van der Waals surface area contributed by atoms with Crippen LogP contribution in [0.4, 0.5) is 11.4 Å². The minimum atomic E-state index is -0.439. The quantitative estimate of drug-likeness (QED) is 0.367. The summed E-state index contributed by atoms with van der Waals surface area (Å²) >= 11 is 5.50. The highest BCUT2D eigenvalue weighted by Crippen LogP contribution is 2.30. The van der Waals surface area contributed by atoms with Crippen LogP contribution in [0.3, 0.4) is 0 Å². The second kappa shape index (κ2) is 7.48. The molecule has 1 heterocycles. The van der Waals surface area contributed by atoms with Crippen LogP contribution in [0.25, 0.3) is 0 Å². The van der Waals surface area contributed by atoms with Crippen molar-refractivity contribution in [2.24, 2.45) is 0 Å². The van der Waals surface area contributed by atoms with Crippen LogP contribution < -0.4 is 10.2 Å². The van der Waals surface area contributed by atoms with Gasteiger partial charge in [-0.1, -0.05) is 22.0 Å². The van der Waals surface area contributed by atoms with Gasteiger partial charge in [0.25, 0.3) is 17.7 Å². The maximum absolute atomic E-state index is 12.8. The van der Waals surface area contributed by atoms with Crippen molar-refractivity contribution in [3.63, 3.8) is 0 Å². The normalized spacial score (nSPS) is 12.9. The molecule has 7 heteroatoms. The average molecular weight is 547 g/mol. The lowest BCUT2D eigenvalue weighted by Gasteiger charge is -2.13. The van der Waals surface area contributed by atoms with Crippen LogP contribution in [0.2, 0.25) is 0 Å². The Morgan fingerprint density at radius 2 is 1.61 bits per heavy atom. The Balaban J connectivity index is 1.63. The van der Waals surface area contributed by atoms with Gasteiger partial charge in [0.05, 0.1) is 16.8 Å². The summed E-state index contributed by atoms with van der Waals surface area (Å²) in [7, 11) is 0. The Kier molecular flexibility index (Phi) is 5.03. The summed E-state index contributed by atoms with van der Waals surface area (Å²) in [5.41, 5.74) is 1.98. The van der Waals surface area contributed by atoms with Crippen LogP contribution in [0.1, 0.15) is 31.1 Å². The van der Waals surface area contributed by atoms with Gasteiger partial charge in [-0.2, -0.15) is 0 Å². The minimum Gasteiger partial charge on any atom is -0.322 e. The van der Waals surface area contributed by atoms with E-state index < -0.39 is 11.8 Å². The molecule has 1 N–H and O–H groups in total. The first-order chi connectivity index (χ1) is 13.4. The zero-order valence-corrected chi connectivity index (χ0v) is 18.0. The van der Waals surface area contributed by atoms with Crippen molar-refractivity contribution in [1.29, 1.82) is 0 Å². The van der Waals surface area contributed by atoms with Crippen LogP contribution in [0.5, 0.6) is 0 Å². The summed E-state index contributed by atoms with van der Waals surface area (Å²) in [6, 6.07) is 18.9. The maximum Gasteiger partial charge on any atom is 0.266 e. The molecular weight excluding hydrogens is 535 g/mol. The predicted octanol–water partition coefficient (Wildman–Crippen LogP) is 5.11. The number of fused-ring (bicyclic) bond motifs is 1. The van der Waals surface area contributed by atoms with E-state index in [0.717, 1.165) is 12.9 Å². The van der Waals surface area contributed by atoms with Crippen molar-refractivity contribution in [3.05, 3.63) is 91.5 Å². The molecule has 0 bridgehead atoms. The van der Waals surface area contributed by atoms with E-state index in [0.29, 0.717) is 22.5 Å². The number of imide groups is 1. The molecular formula is C21H12BrIN2O3. The van der Waals surface area contributed by atoms with Gasteiger partial charge in [-0.05, 0) is 83.3 Å². The first-order valence-electron chi connectivity index (χ1n) is 8.29. The Morgan fingerprint density at radius 3 is 2.32 bits per heavy atom. The SMILES string of the molecule is O=C(Nc1cccc(I)c1)c1ccc2c(c1)C(=O)N(c1ccc(Br)cc1)C2=O. The molecule has 0 saturated heterocycles. The fourth-order valence-electron chi connectivity index (χ4n) is 2.98. The lowest BCUT2D eigenvalue weighted by molar-refractivity contribution is 0.0925. The smallest absolute Gasteiger partial charge is 0.266 e. The number of carbonyl (C=O) groups is 3. The van der Waals surface area contributed by atoms with Gasteiger partial charge in [0.2, 0.25) is 0 Å². The number of hydrogen-bond acceptors (Lipinski definition) is 3. The molecule has 0 fully saturated rings. The van der Waals surface area contributed by atoms with E-state index in [2.05, 4.69) is 43.8 Å². The van der Waals surface area contributed by atoms with E-state index >= 15 is 0 Å². The number of rotatable bonds is 3. The highest BCUT2D eigenvalue weighted by molar-refractivity contribution is 14.1. The van der Waals surface area contributed by atoms with Gasteiger partial charge >= 0.3 is 0 Å². The molecule has 0 aliphatic carbocycles. The minimum absolute atomic E-state index is 0.225. The Bertz CT molecular complexity index is 1130. The van der Waals surface area contributed by atoms with E-state index in [9.17, 15) is 14.4 Å². The molecule has 0 unspecified atom stereocenters. The maximum atomic E-state index is 12.8. The number of nitrogens with zero attached hydrogens (tertiary/aromatic N) is 1. The number of hydrogen-bond donors (Lipinski definition) is 1. The van der Waals surface area contributed by atoms with Crippen molar-refractivity contribution >= 4 is 67.6 Å². The predicted molar refractivity (Wildman–Crippen MR) is 119 cm³/mol. The molecule has 3 aromatic carbocycles. The van der Waals surface area contributed by atoms with Gasteiger partial charge in [0.15, 0.2) is 0 Å². The highest BCUT2D eigenvalue weighted by Gasteiger charge is 2.37. The largest absolute Gasteiger partial charge is 0.322 e. The molecule has 138 valence electrons. The fourth-order valence-corrected chi connectivity index (χ4v) is 3.78. The molecule has 1 aliphatic heterocycles. The molecule has 0 radical (unpaired) electrons. The summed E-state index contributed by atoms with van der Waals surface area (Å²) in [6.45, 7) is 0. The highest BCUT2D eigenvalue weighted by atomic mass is 127. The summed E-state index contributed by atoms with van der Waals surface area (Å²) in [6.07, 6.45) is 0. The first-order valence-corrected chi connectivity index (χ1v) is 10.2. The Morgan fingerprint density at radius 1 is 0.893 bits per heavy atom.